The third-order valence-electron chi connectivity index (χ3n) is 6.76. The SMILES string of the molecule is COc1cccc(CCNC(=O)c2ccc(-c3ccnc(Nc4cccc(CN5CCN(C)CC5)c4)n3)s2)c1. The van der Waals surface area contributed by atoms with Gasteiger partial charge in [-0.3, -0.25) is 9.69 Å². The van der Waals surface area contributed by atoms with Crippen molar-refractivity contribution in [1.82, 2.24) is 25.1 Å². The number of likely N-dealkylation sites (N-methyl/N-ethyl adjacent to an activating group) is 1. The van der Waals surface area contributed by atoms with Gasteiger partial charge < -0.3 is 20.3 Å². The van der Waals surface area contributed by atoms with Gasteiger partial charge >= 0.3 is 0 Å². The van der Waals surface area contributed by atoms with Gasteiger partial charge in [0.05, 0.1) is 22.6 Å². The minimum Gasteiger partial charge on any atom is -0.497 e. The van der Waals surface area contributed by atoms with E-state index >= 15 is 0 Å². The average Bonchev–Trinajstić information content (AvgIpc) is 3.46. The number of nitrogens with one attached hydrogen (secondary N) is 2. The van der Waals surface area contributed by atoms with E-state index in [4.69, 9.17) is 9.72 Å². The van der Waals surface area contributed by atoms with Crippen LogP contribution in [0.3, 0.4) is 0 Å². The number of benzene rings is 2. The van der Waals surface area contributed by atoms with Crippen molar-refractivity contribution in [3.05, 3.63) is 88.9 Å². The number of nitrogens with zero attached hydrogens (tertiary/aromatic N) is 4. The topological polar surface area (TPSA) is 82.6 Å². The van der Waals surface area contributed by atoms with Crippen LogP contribution < -0.4 is 15.4 Å². The third-order valence-corrected chi connectivity index (χ3v) is 7.86. The number of thiophene rings is 1. The molecule has 202 valence electrons. The number of rotatable bonds is 10. The third kappa shape index (κ3) is 7.41. The van der Waals surface area contributed by atoms with Crippen LogP contribution in [0.1, 0.15) is 20.8 Å². The van der Waals surface area contributed by atoms with Gasteiger partial charge in [-0.2, -0.15) is 0 Å². The molecule has 0 atom stereocenters. The Morgan fingerprint density at radius 2 is 1.82 bits per heavy atom. The molecule has 0 radical (unpaired) electrons. The molecular weight excluding hydrogens is 508 g/mol. The van der Waals surface area contributed by atoms with E-state index in [0.717, 1.165) is 66.7 Å². The van der Waals surface area contributed by atoms with Crippen molar-refractivity contribution < 1.29 is 9.53 Å². The molecule has 0 saturated carbocycles. The highest BCUT2D eigenvalue weighted by molar-refractivity contribution is 7.17. The molecule has 2 N–H and O–H groups in total. The minimum atomic E-state index is -0.0845. The van der Waals surface area contributed by atoms with Crippen LogP contribution >= 0.6 is 11.3 Å². The summed E-state index contributed by atoms with van der Waals surface area (Å²) in [6.07, 6.45) is 2.48. The summed E-state index contributed by atoms with van der Waals surface area (Å²) in [4.78, 5) is 28.3. The Bertz CT molecular complexity index is 1400. The molecule has 9 heteroatoms. The first-order chi connectivity index (χ1) is 19.1. The van der Waals surface area contributed by atoms with Crippen LogP contribution in [-0.2, 0) is 13.0 Å². The molecule has 1 amide bonds. The van der Waals surface area contributed by atoms with Gasteiger partial charge in [-0.05, 0) is 67.1 Å². The zero-order valence-electron chi connectivity index (χ0n) is 22.4. The van der Waals surface area contributed by atoms with Gasteiger partial charge in [0.15, 0.2) is 0 Å². The van der Waals surface area contributed by atoms with Crippen LogP contribution in [0.2, 0.25) is 0 Å². The Kier molecular flexibility index (Phi) is 8.82. The van der Waals surface area contributed by atoms with E-state index in [-0.39, 0.29) is 5.91 Å². The molecule has 39 heavy (non-hydrogen) atoms. The van der Waals surface area contributed by atoms with Gasteiger partial charge in [0, 0.05) is 51.2 Å². The van der Waals surface area contributed by atoms with Crippen molar-refractivity contribution in [1.29, 1.82) is 0 Å². The number of piperazine rings is 1. The molecule has 0 unspecified atom stereocenters. The van der Waals surface area contributed by atoms with Gasteiger partial charge in [-0.1, -0.05) is 24.3 Å². The second-order valence-electron chi connectivity index (χ2n) is 9.69. The summed E-state index contributed by atoms with van der Waals surface area (Å²) in [6.45, 7) is 5.87. The molecule has 8 nitrogen and oxygen atoms in total. The second-order valence-corrected chi connectivity index (χ2v) is 10.8. The fraction of sp³-hybridized carbons (Fsp3) is 0.300. The Morgan fingerprint density at radius 3 is 2.67 bits per heavy atom. The van der Waals surface area contributed by atoms with Gasteiger partial charge in [0.2, 0.25) is 5.95 Å². The normalized spacial score (nSPS) is 14.2. The molecule has 2 aromatic heterocycles. The minimum absolute atomic E-state index is 0.0845. The van der Waals surface area contributed by atoms with E-state index in [1.165, 1.54) is 16.9 Å². The molecule has 3 heterocycles. The van der Waals surface area contributed by atoms with E-state index in [2.05, 4.69) is 50.7 Å². The van der Waals surface area contributed by atoms with Crippen LogP contribution in [0.4, 0.5) is 11.6 Å². The predicted molar refractivity (Wildman–Crippen MR) is 157 cm³/mol. The van der Waals surface area contributed by atoms with E-state index in [1.807, 2.05) is 48.5 Å². The van der Waals surface area contributed by atoms with Gasteiger partial charge in [0.25, 0.3) is 5.91 Å². The van der Waals surface area contributed by atoms with Crippen molar-refractivity contribution >= 4 is 28.9 Å². The highest BCUT2D eigenvalue weighted by Crippen LogP contribution is 2.28. The molecule has 5 rings (SSSR count). The van der Waals surface area contributed by atoms with E-state index < -0.39 is 0 Å². The summed E-state index contributed by atoms with van der Waals surface area (Å²) in [5.41, 5.74) is 4.12. The average molecular weight is 543 g/mol. The molecule has 4 aromatic rings. The number of carbonyl (C=O) groups excluding carboxylic acids is 1. The number of aromatic nitrogens is 2. The lowest BCUT2D eigenvalue weighted by Gasteiger charge is -2.32. The largest absolute Gasteiger partial charge is 0.497 e. The maximum atomic E-state index is 12.7. The lowest BCUT2D eigenvalue weighted by atomic mass is 10.1. The fourth-order valence-electron chi connectivity index (χ4n) is 4.53. The number of ether oxygens (including phenoxy) is 1. The summed E-state index contributed by atoms with van der Waals surface area (Å²) in [5.74, 6) is 1.26. The fourth-order valence-corrected chi connectivity index (χ4v) is 5.42. The number of carbonyl (C=O) groups is 1. The highest BCUT2D eigenvalue weighted by Gasteiger charge is 2.15. The van der Waals surface area contributed by atoms with Crippen molar-refractivity contribution in [2.24, 2.45) is 0 Å². The van der Waals surface area contributed by atoms with E-state index in [0.29, 0.717) is 17.4 Å². The molecule has 1 saturated heterocycles. The maximum absolute atomic E-state index is 12.7. The van der Waals surface area contributed by atoms with Crippen LogP contribution in [0.25, 0.3) is 10.6 Å². The number of methoxy groups -OCH3 is 1. The van der Waals surface area contributed by atoms with Gasteiger partial charge in [-0.25, -0.2) is 9.97 Å². The van der Waals surface area contributed by atoms with Gasteiger partial charge in [-0.15, -0.1) is 11.3 Å². The first-order valence-electron chi connectivity index (χ1n) is 13.2. The van der Waals surface area contributed by atoms with Crippen LogP contribution in [0.15, 0.2) is 72.9 Å². The van der Waals surface area contributed by atoms with Crippen LogP contribution in [0, 0.1) is 0 Å². The second kappa shape index (κ2) is 12.8. The van der Waals surface area contributed by atoms with Crippen molar-refractivity contribution in [2.45, 2.75) is 13.0 Å². The lowest BCUT2D eigenvalue weighted by Crippen LogP contribution is -2.43. The monoisotopic (exact) mass is 542 g/mol. The van der Waals surface area contributed by atoms with Crippen LogP contribution in [0.5, 0.6) is 5.75 Å². The Labute approximate surface area is 233 Å². The Balaban J connectivity index is 1.17. The van der Waals surface area contributed by atoms with Crippen molar-refractivity contribution in [3.63, 3.8) is 0 Å². The number of anilines is 2. The number of amides is 1. The molecule has 0 spiro atoms. The zero-order valence-corrected chi connectivity index (χ0v) is 23.2. The summed E-state index contributed by atoms with van der Waals surface area (Å²) in [7, 11) is 3.83. The molecule has 1 fully saturated rings. The number of hydrogen-bond donors (Lipinski definition) is 2. The first-order valence-corrected chi connectivity index (χ1v) is 14.0. The molecule has 1 aliphatic heterocycles. The van der Waals surface area contributed by atoms with Crippen molar-refractivity contribution in [3.8, 4) is 16.3 Å². The van der Waals surface area contributed by atoms with Gasteiger partial charge in [0.1, 0.15) is 5.75 Å². The lowest BCUT2D eigenvalue weighted by molar-refractivity contribution is 0.0958. The predicted octanol–water partition coefficient (Wildman–Crippen LogP) is 4.68. The molecule has 1 aliphatic rings. The zero-order chi connectivity index (χ0) is 27.0. The van der Waals surface area contributed by atoms with Crippen molar-refractivity contribution in [2.75, 3.05) is 52.2 Å². The molecule has 0 bridgehead atoms. The highest BCUT2D eigenvalue weighted by atomic mass is 32.1. The molecule has 2 aromatic carbocycles. The quantitative estimate of drug-likeness (QED) is 0.301. The summed E-state index contributed by atoms with van der Waals surface area (Å²) in [5, 5.41) is 6.36. The smallest absolute Gasteiger partial charge is 0.261 e. The van der Waals surface area contributed by atoms with E-state index in [9.17, 15) is 4.79 Å². The molecular formula is C30H34N6O2S. The molecule has 0 aliphatic carbocycles. The number of hydrogen-bond acceptors (Lipinski definition) is 8. The summed E-state index contributed by atoms with van der Waals surface area (Å²) in [6, 6.07) is 21.9. The first kappa shape index (κ1) is 26.8. The Hall–Kier alpha value is -3.79. The standard InChI is InChI=1S/C30H34N6O2S/c1-35-15-17-36(18-16-35)21-23-6-3-7-24(19-23)33-30-32-14-12-26(34-30)27-9-10-28(39-27)29(37)31-13-11-22-5-4-8-25(20-22)38-2/h3-10,12,14,19-20H,11,13,15-18,21H2,1-2H3,(H,31,37)(H,32,33,34). The maximum Gasteiger partial charge on any atom is 0.261 e. The summed E-state index contributed by atoms with van der Waals surface area (Å²) < 4.78 is 5.27. The Morgan fingerprint density at radius 1 is 1.00 bits per heavy atom. The van der Waals surface area contributed by atoms with E-state index in [1.54, 1.807) is 13.3 Å². The summed E-state index contributed by atoms with van der Waals surface area (Å²) >= 11 is 1.42. The van der Waals surface area contributed by atoms with Crippen LogP contribution in [-0.4, -0.2) is 72.6 Å².